The predicted octanol–water partition coefficient (Wildman–Crippen LogP) is 3.87. The molecule has 1 heterocycles. The molecule has 21 heavy (non-hydrogen) atoms. The lowest BCUT2D eigenvalue weighted by Crippen LogP contribution is -2.51. The third-order valence-corrected chi connectivity index (χ3v) is 5.89. The smallest absolute Gasteiger partial charge is 0.168 e. The first kappa shape index (κ1) is 15.8. The van der Waals surface area contributed by atoms with Gasteiger partial charge >= 0.3 is 0 Å². The Morgan fingerprint density at radius 2 is 1.52 bits per heavy atom. The summed E-state index contributed by atoms with van der Waals surface area (Å²) in [5, 5.41) is 4.01. The van der Waals surface area contributed by atoms with Crippen molar-refractivity contribution in [3.8, 4) is 0 Å². The van der Waals surface area contributed by atoms with Gasteiger partial charge in [-0.3, -0.25) is 0 Å². The van der Waals surface area contributed by atoms with Crippen molar-refractivity contribution in [2.24, 2.45) is 11.3 Å². The Bertz CT molecular complexity index is 334. The Hall–Kier alpha value is -0.120. The van der Waals surface area contributed by atoms with Crippen LogP contribution in [0.15, 0.2) is 0 Å². The summed E-state index contributed by atoms with van der Waals surface area (Å²) in [5.41, 5.74) is 0.422. The van der Waals surface area contributed by atoms with Crippen molar-refractivity contribution in [2.75, 3.05) is 13.2 Å². The van der Waals surface area contributed by atoms with Crippen LogP contribution < -0.4 is 5.32 Å². The molecule has 1 spiro atoms. The summed E-state index contributed by atoms with van der Waals surface area (Å²) in [6.07, 6.45) is 10.1. The molecule has 3 rings (SSSR count). The summed E-state index contributed by atoms with van der Waals surface area (Å²) >= 11 is 0. The minimum absolute atomic E-state index is 0.214. The maximum absolute atomic E-state index is 5.85. The molecule has 2 saturated carbocycles. The van der Waals surface area contributed by atoms with Gasteiger partial charge in [-0.25, -0.2) is 0 Å². The van der Waals surface area contributed by atoms with Crippen molar-refractivity contribution in [1.29, 1.82) is 0 Å². The van der Waals surface area contributed by atoms with E-state index >= 15 is 0 Å². The molecular formula is C18H33NO2. The van der Waals surface area contributed by atoms with Crippen LogP contribution >= 0.6 is 0 Å². The third-order valence-electron chi connectivity index (χ3n) is 5.89. The van der Waals surface area contributed by atoms with Crippen LogP contribution in [0.5, 0.6) is 0 Å². The Balaban J connectivity index is 1.54. The average molecular weight is 295 g/mol. The highest BCUT2D eigenvalue weighted by molar-refractivity contribution is 4.92. The number of ether oxygens (including phenoxy) is 2. The molecule has 3 aliphatic rings. The molecule has 0 amide bonds. The first-order chi connectivity index (χ1) is 9.99. The fourth-order valence-corrected chi connectivity index (χ4v) is 4.68. The molecule has 0 aromatic rings. The van der Waals surface area contributed by atoms with E-state index in [4.69, 9.17) is 9.47 Å². The molecule has 2 unspecified atom stereocenters. The van der Waals surface area contributed by atoms with E-state index < -0.39 is 0 Å². The summed E-state index contributed by atoms with van der Waals surface area (Å²) < 4.78 is 11.7. The van der Waals surface area contributed by atoms with Gasteiger partial charge in [0.1, 0.15) is 0 Å². The van der Waals surface area contributed by atoms with E-state index in [1.807, 2.05) is 0 Å². The monoisotopic (exact) mass is 295 g/mol. The molecule has 122 valence electrons. The number of hydrogen-bond donors (Lipinski definition) is 1. The maximum atomic E-state index is 5.85. The minimum atomic E-state index is -0.214. The zero-order chi connectivity index (χ0) is 14.9. The first-order valence-electron chi connectivity index (χ1n) is 9.03. The Kier molecular flexibility index (Phi) is 4.63. The fourth-order valence-electron chi connectivity index (χ4n) is 4.68. The molecule has 0 radical (unpaired) electrons. The molecule has 0 aromatic heterocycles. The molecule has 0 bridgehead atoms. The largest absolute Gasteiger partial charge is 0.348 e. The van der Waals surface area contributed by atoms with E-state index in [2.05, 4.69) is 26.1 Å². The minimum Gasteiger partial charge on any atom is -0.348 e. The highest BCUT2D eigenvalue weighted by Gasteiger charge is 2.42. The van der Waals surface area contributed by atoms with Gasteiger partial charge in [0.2, 0.25) is 0 Å². The van der Waals surface area contributed by atoms with Crippen LogP contribution in [0.1, 0.15) is 72.1 Å². The summed E-state index contributed by atoms with van der Waals surface area (Å²) in [5.74, 6) is 0.606. The third kappa shape index (κ3) is 3.62. The van der Waals surface area contributed by atoms with Crippen LogP contribution in [0.2, 0.25) is 0 Å². The van der Waals surface area contributed by atoms with Crippen molar-refractivity contribution in [3.05, 3.63) is 0 Å². The van der Waals surface area contributed by atoms with E-state index in [0.29, 0.717) is 17.5 Å². The van der Waals surface area contributed by atoms with E-state index in [0.717, 1.165) is 32.0 Å². The van der Waals surface area contributed by atoms with Crippen molar-refractivity contribution < 1.29 is 9.47 Å². The molecule has 0 aromatic carbocycles. The molecule has 3 nitrogen and oxygen atoms in total. The molecule has 3 fully saturated rings. The van der Waals surface area contributed by atoms with Gasteiger partial charge in [-0.05, 0) is 37.0 Å². The van der Waals surface area contributed by atoms with Crippen LogP contribution in [0.3, 0.4) is 0 Å². The standard InChI is InChI=1S/C18H33NO2/c1-17(2,3)15-6-4-5-7-16(15)19-14-8-10-18(11-9-14)20-12-13-21-18/h14-16,19H,4-13H2,1-3H3. The molecule has 3 heteroatoms. The zero-order valence-electron chi connectivity index (χ0n) is 14.1. The van der Waals surface area contributed by atoms with E-state index in [9.17, 15) is 0 Å². The molecule has 2 atom stereocenters. The Morgan fingerprint density at radius 3 is 2.14 bits per heavy atom. The fraction of sp³-hybridized carbons (Fsp3) is 1.00. The van der Waals surface area contributed by atoms with Crippen molar-refractivity contribution >= 4 is 0 Å². The van der Waals surface area contributed by atoms with Gasteiger partial charge in [0.25, 0.3) is 0 Å². The van der Waals surface area contributed by atoms with Crippen molar-refractivity contribution in [2.45, 2.75) is 90.0 Å². The second-order valence-electron chi connectivity index (χ2n) is 8.41. The zero-order valence-corrected chi connectivity index (χ0v) is 14.1. The molecule has 1 saturated heterocycles. The molecule has 1 aliphatic heterocycles. The van der Waals surface area contributed by atoms with Gasteiger partial charge in [0.05, 0.1) is 13.2 Å². The molecule has 2 aliphatic carbocycles. The number of nitrogens with one attached hydrogen (secondary N) is 1. The van der Waals surface area contributed by atoms with Gasteiger partial charge in [-0.15, -0.1) is 0 Å². The quantitative estimate of drug-likeness (QED) is 0.839. The van der Waals surface area contributed by atoms with Crippen LogP contribution in [0.25, 0.3) is 0 Å². The second kappa shape index (κ2) is 6.17. The van der Waals surface area contributed by atoms with Crippen LogP contribution in [-0.2, 0) is 9.47 Å². The average Bonchev–Trinajstić information content (AvgIpc) is 2.90. The SMILES string of the molecule is CC(C)(C)C1CCCCC1NC1CCC2(CC1)OCCO2. The summed E-state index contributed by atoms with van der Waals surface area (Å²) in [6, 6.07) is 1.37. The lowest BCUT2D eigenvalue weighted by Gasteiger charge is -2.44. The van der Waals surface area contributed by atoms with Gasteiger partial charge in [0.15, 0.2) is 5.79 Å². The van der Waals surface area contributed by atoms with E-state index in [-0.39, 0.29) is 5.79 Å². The van der Waals surface area contributed by atoms with Crippen molar-refractivity contribution in [1.82, 2.24) is 5.32 Å². The van der Waals surface area contributed by atoms with Gasteiger partial charge in [-0.1, -0.05) is 33.6 Å². The molecular weight excluding hydrogens is 262 g/mol. The van der Waals surface area contributed by atoms with Crippen LogP contribution in [-0.4, -0.2) is 31.1 Å². The summed E-state index contributed by atoms with van der Waals surface area (Å²) in [6.45, 7) is 8.80. The number of rotatable bonds is 2. The van der Waals surface area contributed by atoms with Gasteiger partial charge < -0.3 is 14.8 Å². The predicted molar refractivity (Wildman–Crippen MR) is 85.2 cm³/mol. The normalized spacial score (nSPS) is 34.4. The lowest BCUT2D eigenvalue weighted by molar-refractivity contribution is -0.180. The number of hydrogen-bond acceptors (Lipinski definition) is 3. The summed E-state index contributed by atoms with van der Waals surface area (Å²) in [7, 11) is 0. The highest BCUT2D eigenvalue weighted by atomic mass is 16.7. The van der Waals surface area contributed by atoms with Crippen LogP contribution in [0, 0.1) is 11.3 Å². The Labute approximate surface area is 130 Å². The summed E-state index contributed by atoms with van der Waals surface area (Å²) in [4.78, 5) is 0. The van der Waals surface area contributed by atoms with Gasteiger partial charge in [-0.2, -0.15) is 0 Å². The maximum Gasteiger partial charge on any atom is 0.168 e. The Morgan fingerprint density at radius 1 is 0.905 bits per heavy atom. The molecule has 1 N–H and O–H groups in total. The van der Waals surface area contributed by atoms with E-state index in [1.54, 1.807) is 0 Å². The van der Waals surface area contributed by atoms with Crippen molar-refractivity contribution in [3.63, 3.8) is 0 Å². The topological polar surface area (TPSA) is 30.5 Å². The van der Waals surface area contributed by atoms with Crippen LogP contribution in [0.4, 0.5) is 0 Å². The van der Waals surface area contributed by atoms with E-state index in [1.165, 1.54) is 38.5 Å². The first-order valence-corrected chi connectivity index (χ1v) is 9.03. The second-order valence-corrected chi connectivity index (χ2v) is 8.41. The lowest BCUT2D eigenvalue weighted by atomic mass is 9.69. The highest BCUT2D eigenvalue weighted by Crippen LogP contribution is 2.40. The van der Waals surface area contributed by atoms with Gasteiger partial charge in [0, 0.05) is 24.9 Å².